The third kappa shape index (κ3) is 0.856. The van der Waals surface area contributed by atoms with E-state index >= 15 is 0 Å². The zero-order valence-corrected chi connectivity index (χ0v) is 5.39. The van der Waals surface area contributed by atoms with Crippen LogP contribution in [0, 0.1) is 13.0 Å². The molecular weight excluding hydrogens is 124 g/mol. The maximum absolute atomic E-state index is 3.97. The van der Waals surface area contributed by atoms with E-state index in [1.165, 1.54) is 5.56 Å². The summed E-state index contributed by atoms with van der Waals surface area (Å²) in [6.45, 7) is 2.80. The van der Waals surface area contributed by atoms with Gasteiger partial charge in [-0.05, 0) is 18.1 Å². The number of nitrogens with one attached hydrogen (secondary N) is 1. The Labute approximate surface area is 60.3 Å². The zero-order chi connectivity index (χ0) is 6.81. The van der Waals surface area contributed by atoms with Crippen LogP contribution >= 0.6 is 0 Å². The van der Waals surface area contributed by atoms with Crippen LogP contribution in [0.25, 0.3) is 0 Å². The fourth-order valence-electron chi connectivity index (χ4n) is 0.941. The second-order valence-electron chi connectivity index (χ2n) is 2.14. The molecule has 2 heteroatoms. The van der Waals surface area contributed by atoms with E-state index in [0.29, 0.717) is 0 Å². The van der Waals surface area contributed by atoms with Crippen molar-refractivity contribution in [2.45, 2.75) is 6.42 Å². The van der Waals surface area contributed by atoms with Crippen LogP contribution in [0.3, 0.4) is 0 Å². The normalized spacial score (nSPS) is 15.6. The van der Waals surface area contributed by atoms with Gasteiger partial charge in [-0.2, -0.15) is 0 Å². The number of nitrogens with zero attached hydrogens (tertiary/aromatic N) is 1. The summed E-state index contributed by atoms with van der Waals surface area (Å²) in [6.07, 6.45) is 7.37. The first-order valence-corrected chi connectivity index (χ1v) is 3.13. The highest BCUT2D eigenvalue weighted by atomic mass is 14.9. The van der Waals surface area contributed by atoms with Crippen LogP contribution < -0.4 is 5.32 Å². The van der Waals surface area contributed by atoms with Gasteiger partial charge >= 0.3 is 0 Å². The molecule has 1 aliphatic heterocycles. The Balaban J connectivity index is 2.41. The van der Waals surface area contributed by atoms with E-state index in [0.717, 1.165) is 12.1 Å². The third-order valence-electron chi connectivity index (χ3n) is 1.48. The van der Waals surface area contributed by atoms with E-state index in [-0.39, 0.29) is 0 Å². The van der Waals surface area contributed by atoms with Gasteiger partial charge < -0.3 is 5.32 Å². The van der Waals surface area contributed by atoms with Crippen molar-refractivity contribution in [2.24, 2.45) is 0 Å². The predicted octanol–water partition coefficient (Wildman–Crippen LogP) is 1.17. The molecular formula is C8H6N2. The lowest BCUT2D eigenvalue weighted by atomic mass is 10.1. The van der Waals surface area contributed by atoms with Crippen molar-refractivity contribution in [2.75, 3.05) is 5.32 Å². The topological polar surface area (TPSA) is 24.9 Å². The molecule has 0 saturated carbocycles. The van der Waals surface area contributed by atoms with Gasteiger partial charge in [0.1, 0.15) is 0 Å². The largest absolute Gasteiger partial charge is 0.373 e. The summed E-state index contributed by atoms with van der Waals surface area (Å²) in [5, 5.41) is 2.94. The minimum atomic E-state index is 0.838. The van der Waals surface area contributed by atoms with Gasteiger partial charge in [0.2, 0.25) is 0 Å². The van der Waals surface area contributed by atoms with Crippen LogP contribution in [0.5, 0.6) is 0 Å². The molecule has 10 heavy (non-hydrogen) atoms. The fourth-order valence-corrected chi connectivity index (χ4v) is 0.941. The molecule has 1 aromatic rings. The molecule has 0 amide bonds. The average molecular weight is 130 g/mol. The lowest BCUT2D eigenvalue weighted by Gasteiger charge is -2.14. The molecule has 2 nitrogen and oxygen atoms in total. The lowest BCUT2D eigenvalue weighted by molar-refractivity contribution is 1.08. The molecule has 0 saturated heterocycles. The van der Waals surface area contributed by atoms with E-state index in [4.69, 9.17) is 0 Å². The zero-order valence-electron chi connectivity index (χ0n) is 5.39. The first-order chi connectivity index (χ1) is 4.97. The standard InChI is InChI=1S/C8H6N2/c1-2-7-3-5-9-6-8(7)10-4-1/h3,5-6,10H,2H2. The Morgan fingerprint density at radius 3 is 3.50 bits per heavy atom. The molecule has 4 radical (unpaired) electrons. The van der Waals surface area contributed by atoms with Crippen molar-refractivity contribution in [3.8, 4) is 0 Å². The van der Waals surface area contributed by atoms with Crippen LogP contribution in [0.4, 0.5) is 5.69 Å². The van der Waals surface area contributed by atoms with E-state index in [1.54, 1.807) is 12.4 Å². The second-order valence-corrected chi connectivity index (χ2v) is 2.14. The minimum absolute atomic E-state index is 0.838. The molecule has 0 unspecified atom stereocenters. The highest BCUT2D eigenvalue weighted by Gasteiger charge is 2.07. The Bertz CT molecular complexity index is 207. The summed E-state index contributed by atoms with van der Waals surface area (Å²) in [6, 6.07) is 1.98. The average Bonchev–Trinajstić information content (AvgIpc) is 2.05. The van der Waals surface area contributed by atoms with Gasteiger partial charge in [0.05, 0.1) is 18.4 Å². The summed E-state index contributed by atoms with van der Waals surface area (Å²) in [5.41, 5.74) is 2.27. The summed E-state index contributed by atoms with van der Waals surface area (Å²) in [7, 11) is 0. The fraction of sp³-hybridized carbons (Fsp3) is 0.125. The Hall–Kier alpha value is -1.05. The quantitative estimate of drug-likeness (QED) is 0.570. The SMILES string of the molecule is [C]1[C]Nc2cnccc2C1. The highest BCUT2D eigenvalue weighted by Crippen LogP contribution is 2.20. The Morgan fingerprint density at radius 2 is 2.60 bits per heavy atom. The van der Waals surface area contributed by atoms with Gasteiger partial charge in [0.25, 0.3) is 0 Å². The van der Waals surface area contributed by atoms with Crippen molar-refractivity contribution in [1.82, 2.24) is 4.98 Å². The van der Waals surface area contributed by atoms with Crippen molar-refractivity contribution in [3.05, 3.63) is 37.0 Å². The van der Waals surface area contributed by atoms with Crippen LogP contribution in [-0.4, -0.2) is 4.98 Å². The van der Waals surface area contributed by atoms with E-state index in [9.17, 15) is 0 Å². The van der Waals surface area contributed by atoms with Gasteiger partial charge in [0, 0.05) is 12.6 Å². The maximum atomic E-state index is 3.97. The van der Waals surface area contributed by atoms with Crippen LogP contribution in [0.2, 0.25) is 0 Å². The monoisotopic (exact) mass is 130 g/mol. The van der Waals surface area contributed by atoms with Gasteiger partial charge in [-0.3, -0.25) is 4.98 Å². The van der Waals surface area contributed by atoms with Crippen LogP contribution in [0.1, 0.15) is 5.56 Å². The highest BCUT2D eigenvalue weighted by molar-refractivity contribution is 5.54. The van der Waals surface area contributed by atoms with E-state index in [2.05, 4.69) is 23.3 Å². The number of fused-ring (bicyclic) bond motifs is 1. The molecule has 1 aromatic heterocycles. The van der Waals surface area contributed by atoms with Gasteiger partial charge in [-0.25, -0.2) is 0 Å². The number of aromatic nitrogens is 1. The smallest absolute Gasteiger partial charge is 0.0967 e. The molecule has 48 valence electrons. The molecule has 0 fully saturated rings. The van der Waals surface area contributed by atoms with Gasteiger partial charge in [0.15, 0.2) is 0 Å². The van der Waals surface area contributed by atoms with E-state index < -0.39 is 0 Å². The number of rotatable bonds is 0. The van der Waals surface area contributed by atoms with Crippen molar-refractivity contribution >= 4 is 5.69 Å². The van der Waals surface area contributed by atoms with Crippen LogP contribution in [0.15, 0.2) is 18.5 Å². The Morgan fingerprint density at radius 1 is 1.60 bits per heavy atom. The summed E-state index contributed by atoms with van der Waals surface area (Å²) >= 11 is 0. The van der Waals surface area contributed by atoms with Crippen molar-refractivity contribution < 1.29 is 0 Å². The molecule has 2 heterocycles. The lowest BCUT2D eigenvalue weighted by Crippen LogP contribution is -2.07. The molecule has 0 atom stereocenters. The van der Waals surface area contributed by atoms with Gasteiger partial charge in [-0.1, -0.05) is 0 Å². The summed E-state index contributed by atoms with van der Waals surface area (Å²) < 4.78 is 0. The molecule has 0 bridgehead atoms. The number of hydrogen-bond donors (Lipinski definition) is 1. The molecule has 2 rings (SSSR count). The summed E-state index contributed by atoms with van der Waals surface area (Å²) in [4.78, 5) is 3.97. The summed E-state index contributed by atoms with van der Waals surface area (Å²) in [5.74, 6) is 0. The maximum Gasteiger partial charge on any atom is 0.0967 e. The van der Waals surface area contributed by atoms with Gasteiger partial charge in [-0.15, -0.1) is 0 Å². The van der Waals surface area contributed by atoms with Crippen LogP contribution in [-0.2, 0) is 6.42 Å². The third-order valence-corrected chi connectivity index (χ3v) is 1.48. The van der Waals surface area contributed by atoms with Crippen molar-refractivity contribution in [3.63, 3.8) is 0 Å². The predicted molar refractivity (Wildman–Crippen MR) is 38.0 cm³/mol. The number of anilines is 1. The molecule has 0 spiro atoms. The number of hydrogen-bond acceptors (Lipinski definition) is 2. The number of pyridine rings is 1. The van der Waals surface area contributed by atoms with E-state index in [1.807, 2.05) is 6.07 Å². The molecule has 0 aromatic carbocycles. The molecule has 1 N–H and O–H groups in total. The van der Waals surface area contributed by atoms with Crippen molar-refractivity contribution in [1.29, 1.82) is 0 Å². The minimum Gasteiger partial charge on any atom is -0.373 e. The first kappa shape index (κ1) is 5.71. The Kier molecular flexibility index (Phi) is 1.31. The molecule has 1 aliphatic rings. The second kappa shape index (κ2) is 2.29. The first-order valence-electron chi connectivity index (χ1n) is 3.13. The molecule has 0 aliphatic carbocycles.